The van der Waals surface area contributed by atoms with Crippen molar-refractivity contribution in [1.82, 2.24) is 4.90 Å². The van der Waals surface area contributed by atoms with Crippen LogP contribution < -0.4 is 14.8 Å². The fraction of sp³-hybridized carbons (Fsp3) is 0.167. The highest BCUT2D eigenvalue weighted by Crippen LogP contribution is 2.62. The molecule has 1 N–H and O–H groups in total. The molecule has 1 spiro atoms. The van der Waals surface area contributed by atoms with Gasteiger partial charge in [-0.15, -0.1) is 0 Å². The Morgan fingerprint density at radius 3 is 2.32 bits per heavy atom. The van der Waals surface area contributed by atoms with Gasteiger partial charge in [0, 0.05) is 24.4 Å². The van der Waals surface area contributed by atoms with Crippen LogP contribution in [0.25, 0.3) is 6.08 Å². The minimum absolute atomic E-state index is 0.289. The number of fused-ring (bicyclic) bond motifs is 6. The van der Waals surface area contributed by atoms with Crippen LogP contribution in [0.2, 0.25) is 0 Å². The Morgan fingerprint density at radius 1 is 0.841 bits per heavy atom. The van der Waals surface area contributed by atoms with Crippen molar-refractivity contribution in [1.29, 1.82) is 0 Å². The summed E-state index contributed by atoms with van der Waals surface area (Å²) in [5.41, 5.74) is 2.19. The number of anilines is 1. The Hall–Kier alpha value is -5.50. The number of carbonyl (C=O) groups is 4. The lowest BCUT2D eigenvalue weighted by Gasteiger charge is -2.38. The molecule has 4 atom stereocenters. The highest BCUT2D eigenvalue weighted by Gasteiger charge is 2.70. The first-order valence-corrected chi connectivity index (χ1v) is 14.3. The van der Waals surface area contributed by atoms with Gasteiger partial charge in [0.25, 0.3) is 0 Å². The van der Waals surface area contributed by atoms with Gasteiger partial charge in [-0.05, 0) is 65.2 Å². The molecule has 0 unspecified atom stereocenters. The highest BCUT2D eigenvalue weighted by atomic mass is 16.5. The van der Waals surface area contributed by atoms with E-state index in [0.717, 1.165) is 11.1 Å². The van der Waals surface area contributed by atoms with Crippen molar-refractivity contribution >= 4 is 35.2 Å². The smallest absolute Gasteiger partial charge is 0.308 e. The molecule has 1 amide bonds. The number of esters is 1. The SMILES string of the molecule is COc1ccccc1C(=O)[C@@H]1[C@@H](C(=O)c2ccc(OC(C)=O)cc2)N2C=Cc3ccccc3[C@@H]2[C@@]12C(=O)Nc1ccccc12. The lowest BCUT2D eigenvalue weighted by atomic mass is 9.62. The summed E-state index contributed by atoms with van der Waals surface area (Å²) in [4.78, 5) is 57.6. The zero-order chi connectivity index (χ0) is 30.6. The first-order valence-electron chi connectivity index (χ1n) is 14.3. The fourth-order valence-corrected chi connectivity index (χ4v) is 7.21. The van der Waals surface area contributed by atoms with Gasteiger partial charge in [0.2, 0.25) is 5.91 Å². The summed E-state index contributed by atoms with van der Waals surface area (Å²) in [5.74, 6) is -2.00. The van der Waals surface area contributed by atoms with E-state index >= 15 is 0 Å². The van der Waals surface area contributed by atoms with E-state index in [1.807, 2.05) is 65.7 Å². The van der Waals surface area contributed by atoms with E-state index in [1.54, 1.807) is 48.5 Å². The van der Waals surface area contributed by atoms with Crippen molar-refractivity contribution < 1.29 is 28.7 Å². The van der Waals surface area contributed by atoms with Crippen molar-refractivity contribution in [3.63, 3.8) is 0 Å². The van der Waals surface area contributed by atoms with E-state index in [2.05, 4.69) is 5.32 Å². The second kappa shape index (κ2) is 10.3. The van der Waals surface area contributed by atoms with Crippen LogP contribution in [0, 0.1) is 5.92 Å². The van der Waals surface area contributed by atoms with E-state index in [0.29, 0.717) is 28.3 Å². The van der Waals surface area contributed by atoms with Gasteiger partial charge in [0.15, 0.2) is 11.6 Å². The number of hydrogen-bond acceptors (Lipinski definition) is 7. The summed E-state index contributed by atoms with van der Waals surface area (Å²) in [7, 11) is 1.49. The Morgan fingerprint density at radius 2 is 1.55 bits per heavy atom. The number of rotatable bonds is 6. The molecular formula is C36H28N2O6. The monoisotopic (exact) mass is 584 g/mol. The number of ether oxygens (including phenoxy) is 2. The number of amides is 1. The molecule has 4 aromatic rings. The molecular weight excluding hydrogens is 556 g/mol. The van der Waals surface area contributed by atoms with Gasteiger partial charge in [-0.3, -0.25) is 19.2 Å². The molecule has 3 heterocycles. The molecule has 3 aliphatic heterocycles. The summed E-state index contributed by atoms with van der Waals surface area (Å²) in [6, 6.07) is 26.6. The average Bonchev–Trinajstić information content (AvgIpc) is 3.52. The van der Waals surface area contributed by atoms with Crippen LogP contribution in [0.4, 0.5) is 5.69 Å². The molecule has 4 aromatic carbocycles. The van der Waals surface area contributed by atoms with E-state index in [4.69, 9.17) is 9.47 Å². The zero-order valence-electron chi connectivity index (χ0n) is 24.0. The summed E-state index contributed by atoms with van der Waals surface area (Å²) in [5, 5.41) is 3.05. The van der Waals surface area contributed by atoms with Crippen molar-refractivity contribution in [2.24, 2.45) is 5.92 Å². The van der Waals surface area contributed by atoms with Crippen LogP contribution in [0.15, 0.2) is 103 Å². The van der Waals surface area contributed by atoms with Crippen LogP contribution in [0.1, 0.15) is 50.4 Å². The van der Waals surface area contributed by atoms with Crippen LogP contribution in [-0.2, 0) is 15.0 Å². The van der Waals surface area contributed by atoms with Gasteiger partial charge >= 0.3 is 5.97 Å². The van der Waals surface area contributed by atoms with Gasteiger partial charge in [-0.1, -0.05) is 54.6 Å². The molecule has 3 aliphatic rings. The van der Waals surface area contributed by atoms with Crippen LogP contribution >= 0.6 is 0 Å². The number of methoxy groups -OCH3 is 1. The molecule has 1 fully saturated rings. The van der Waals surface area contributed by atoms with Crippen molar-refractivity contribution in [3.05, 3.63) is 131 Å². The van der Waals surface area contributed by atoms with E-state index < -0.39 is 29.4 Å². The second-order valence-corrected chi connectivity index (χ2v) is 11.1. The molecule has 44 heavy (non-hydrogen) atoms. The van der Waals surface area contributed by atoms with Gasteiger partial charge in [-0.2, -0.15) is 0 Å². The highest BCUT2D eigenvalue weighted by molar-refractivity contribution is 6.17. The fourth-order valence-electron chi connectivity index (χ4n) is 7.21. The maximum atomic E-state index is 15.0. The molecule has 0 saturated carbocycles. The summed E-state index contributed by atoms with van der Waals surface area (Å²) < 4.78 is 10.8. The molecule has 8 heteroatoms. The Bertz CT molecular complexity index is 1880. The van der Waals surface area contributed by atoms with Crippen molar-refractivity contribution in [2.75, 3.05) is 12.4 Å². The van der Waals surface area contributed by atoms with Gasteiger partial charge in [0.1, 0.15) is 23.0 Å². The quantitative estimate of drug-likeness (QED) is 0.179. The van der Waals surface area contributed by atoms with Gasteiger partial charge in [0.05, 0.1) is 24.6 Å². The third-order valence-corrected chi connectivity index (χ3v) is 8.89. The molecule has 1 saturated heterocycles. The first kappa shape index (κ1) is 27.3. The minimum Gasteiger partial charge on any atom is -0.496 e. The van der Waals surface area contributed by atoms with Crippen molar-refractivity contribution in [3.8, 4) is 11.5 Å². The molecule has 0 radical (unpaired) electrons. The summed E-state index contributed by atoms with van der Waals surface area (Å²) >= 11 is 0. The number of para-hydroxylation sites is 2. The predicted octanol–water partition coefficient (Wildman–Crippen LogP) is 5.60. The number of ketones is 2. The number of Topliss-reactive ketones (excluding diaryl/α,β-unsaturated/α-hetero) is 2. The standard InChI is InChI=1S/C36H28N2O6/c1-21(39)44-24-17-15-23(16-18-24)32(40)31-30(33(41)26-11-5-8-14-29(26)43-2)36(27-12-6-7-13-28(27)37-35(36)42)34-25-10-4-3-9-22(25)19-20-38(31)34/h3-20,30-31,34H,1-2H3,(H,37,42)/t30-,31-,34+,36-/m0/s1. The first-order chi connectivity index (χ1) is 21.4. The Balaban J connectivity index is 1.49. The second-order valence-electron chi connectivity index (χ2n) is 11.1. The van der Waals surface area contributed by atoms with Gasteiger partial charge < -0.3 is 19.7 Å². The molecule has 8 nitrogen and oxygen atoms in total. The maximum absolute atomic E-state index is 15.0. The van der Waals surface area contributed by atoms with Crippen molar-refractivity contribution in [2.45, 2.75) is 24.4 Å². The van der Waals surface area contributed by atoms with E-state index in [-0.39, 0.29) is 23.0 Å². The van der Waals surface area contributed by atoms with Crippen LogP contribution in [0.5, 0.6) is 11.5 Å². The van der Waals surface area contributed by atoms with Crippen LogP contribution in [0.3, 0.4) is 0 Å². The van der Waals surface area contributed by atoms with Crippen LogP contribution in [-0.4, -0.2) is 41.5 Å². The average molecular weight is 585 g/mol. The zero-order valence-corrected chi connectivity index (χ0v) is 24.0. The summed E-state index contributed by atoms with van der Waals surface area (Å²) in [6.07, 6.45) is 3.74. The Kier molecular flexibility index (Phi) is 6.43. The lowest BCUT2D eigenvalue weighted by Crippen LogP contribution is -2.49. The lowest BCUT2D eigenvalue weighted by molar-refractivity contribution is -0.131. The number of nitrogens with zero attached hydrogens (tertiary/aromatic N) is 1. The topological polar surface area (TPSA) is 102 Å². The predicted molar refractivity (Wildman–Crippen MR) is 163 cm³/mol. The molecule has 218 valence electrons. The molecule has 0 aromatic heterocycles. The van der Waals surface area contributed by atoms with E-state index in [9.17, 15) is 19.2 Å². The summed E-state index contributed by atoms with van der Waals surface area (Å²) in [6.45, 7) is 1.30. The van der Waals surface area contributed by atoms with E-state index in [1.165, 1.54) is 14.0 Å². The largest absolute Gasteiger partial charge is 0.496 e. The minimum atomic E-state index is -1.45. The number of carbonyl (C=O) groups excluding carboxylic acids is 4. The maximum Gasteiger partial charge on any atom is 0.308 e. The number of hydrogen-bond donors (Lipinski definition) is 1. The molecule has 0 bridgehead atoms. The number of nitrogens with one attached hydrogen (secondary N) is 1. The third-order valence-electron chi connectivity index (χ3n) is 8.89. The Labute approximate surface area is 253 Å². The van der Waals surface area contributed by atoms with Gasteiger partial charge in [-0.25, -0.2) is 0 Å². The third kappa shape index (κ3) is 3.91. The molecule has 7 rings (SSSR count). The number of benzene rings is 4. The molecule has 0 aliphatic carbocycles. The normalized spacial score (nSPS) is 22.5.